The highest BCUT2D eigenvalue weighted by molar-refractivity contribution is 5.41. The van der Waals surface area contributed by atoms with Gasteiger partial charge in [-0.05, 0) is 13.3 Å². The minimum atomic E-state index is -0.387. The van der Waals surface area contributed by atoms with Crippen LogP contribution in [0.1, 0.15) is 12.1 Å². The molecule has 4 nitrogen and oxygen atoms in total. The van der Waals surface area contributed by atoms with E-state index in [1.165, 1.54) is 6.33 Å². The number of β-amino-alcohol motifs (C(OH)–C–C–N with tert-alkyl or cyclic N) is 1. The van der Waals surface area contributed by atoms with Crippen molar-refractivity contribution in [2.75, 3.05) is 18.0 Å². The number of nitrogens with zero attached hydrogens (tertiary/aromatic N) is 3. The van der Waals surface area contributed by atoms with E-state index in [9.17, 15) is 9.50 Å². The van der Waals surface area contributed by atoms with Gasteiger partial charge in [-0.2, -0.15) is 0 Å². The molecule has 1 aromatic heterocycles. The van der Waals surface area contributed by atoms with Gasteiger partial charge in [0.1, 0.15) is 6.33 Å². The van der Waals surface area contributed by atoms with Crippen LogP contribution in [0, 0.1) is 12.7 Å². The Balaban J connectivity index is 2.28. The lowest BCUT2D eigenvalue weighted by atomic mass is 10.3. The highest BCUT2D eigenvalue weighted by Gasteiger charge is 2.24. The number of aromatic nitrogens is 2. The molecule has 0 unspecified atom stereocenters. The van der Waals surface area contributed by atoms with Crippen molar-refractivity contribution in [1.82, 2.24) is 9.97 Å². The predicted octanol–water partition coefficient (Wildman–Crippen LogP) is 0.495. The van der Waals surface area contributed by atoms with Crippen molar-refractivity contribution in [1.29, 1.82) is 0 Å². The SMILES string of the molecule is Cc1ncnc(N2CC[C@@H](O)C2)c1F. The van der Waals surface area contributed by atoms with Crippen LogP contribution in [0.3, 0.4) is 0 Å². The van der Waals surface area contributed by atoms with Gasteiger partial charge in [0.25, 0.3) is 0 Å². The number of aryl methyl sites for hydroxylation is 1. The zero-order chi connectivity index (χ0) is 10.1. The number of hydrogen-bond acceptors (Lipinski definition) is 4. The summed E-state index contributed by atoms with van der Waals surface area (Å²) in [4.78, 5) is 9.38. The van der Waals surface area contributed by atoms with Crippen molar-refractivity contribution in [3.05, 3.63) is 17.8 Å². The zero-order valence-corrected chi connectivity index (χ0v) is 7.94. The lowest BCUT2D eigenvalue weighted by Crippen LogP contribution is -2.23. The fraction of sp³-hybridized carbons (Fsp3) is 0.556. The standard InChI is InChI=1S/C9H12FN3O/c1-6-8(10)9(12-5-11-6)13-3-2-7(14)4-13/h5,7,14H,2-4H2,1H3/t7-/m1/s1. The summed E-state index contributed by atoms with van der Waals surface area (Å²) in [6.45, 7) is 2.70. The van der Waals surface area contributed by atoms with E-state index in [-0.39, 0.29) is 11.9 Å². The molecule has 2 heterocycles. The van der Waals surface area contributed by atoms with E-state index in [1.807, 2.05) is 0 Å². The lowest BCUT2D eigenvalue weighted by molar-refractivity contribution is 0.198. The second-order valence-corrected chi connectivity index (χ2v) is 3.49. The van der Waals surface area contributed by atoms with Crippen LogP contribution < -0.4 is 4.90 Å². The molecule has 0 radical (unpaired) electrons. The fourth-order valence-electron chi connectivity index (χ4n) is 1.60. The van der Waals surface area contributed by atoms with Gasteiger partial charge in [0.05, 0.1) is 11.8 Å². The summed E-state index contributed by atoms with van der Waals surface area (Å²) in [7, 11) is 0. The van der Waals surface area contributed by atoms with Crippen LogP contribution >= 0.6 is 0 Å². The van der Waals surface area contributed by atoms with Crippen molar-refractivity contribution in [2.45, 2.75) is 19.4 Å². The van der Waals surface area contributed by atoms with Gasteiger partial charge in [0.15, 0.2) is 11.6 Å². The van der Waals surface area contributed by atoms with Gasteiger partial charge in [-0.3, -0.25) is 0 Å². The molecule has 1 aromatic rings. The molecule has 76 valence electrons. The minimum Gasteiger partial charge on any atom is -0.391 e. The first kappa shape index (κ1) is 9.33. The third kappa shape index (κ3) is 1.55. The lowest BCUT2D eigenvalue weighted by Gasteiger charge is -2.17. The second-order valence-electron chi connectivity index (χ2n) is 3.49. The Labute approximate surface area is 81.4 Å². The smallest absolute Gasteiger partial charge is 0.186 e. The van der Waals surface area contributed by atoms with Gasteiger partial charge in [-0.25, -0.2) is 14.4 Å². The summed E-state index contributed by atoms with van der Waals surface area (Å²) in [6, 6.07) is 0. The summed E-state index contributed by atoms with van der Waals surface area (Å²) in [5.74, 6) is -0.0874. The Kier molecular flexibility index (Phi) is 2.33. The van der Waals surface area contributed by atoms with Crippen molar-refractivity contribution >= 4 is 5.82 Å². The van der Waals surface area contributed by atoms with Gasteiger partial charge in [-0.1, -0.05) is 0 Å². The van der Waals surface area contributed by atoms with Crippen LogP contribution in [0.2, 0.25) is 0 Å². The third-order valence-corrected chi connectivity index (χ3v) is 2.41. The summed E-state index contributed by atoms with van der Waals surface area (Å²) in [5.41, 5.74) is 0.344. The monoisotopic (exact) mass is 197 g/mol. The third-order valence-electron chi connectivity index (χ3n) is 2.41. The number of rotatable bonds is 1. The summed E-state index contributed by atoms with van der Waals surface area (Å²) < 4.78 is 13.5. The summed E-state index contributed by atoms with van der Waals surface area (Å²) in [5, 5.41) is 9.31. The van der Waals surface area contributed by atoms with Gasteiger partial charge >= 0.3 is 0 Å². The quantitative estimate of drug-likeness (QED) is 0.712. The van der Waals surface area contributed by atoms with E-state index in [0.717, 1.165) is 0 Å². The van der Waals surface area contributed by atoms with E-state index >= 15 is 0 Å². The Bertz CT molecular complexity index is 345. The first-order valence-corrected chi connectivity index (χ1v) is 4.58. The van der Waals surface area contributed by atoms with Crippen LogP contribution in [0.5, 0.6) is 0 Å². The van der Waals surface area contributed by atoms with Crippen LogP contribution in [-0.4, -0.2) is 34.3 Å². The normalized spacial score (nSPS) is 21.6. The molecule has 0 saturated carbocycles. The number of anilines is 1. The molecule has 1 aliphatic rings. The van der Waals surface area contributed by atoms with Crippen LogP contribution in [-0.2, 0) is 0 Å². The average Bonchev–Trinajstić information content (AvgIpc) is 2.57. The molecule has 2 rings (SSSR count). The Morgan fingerprint density at radius 1 is 1.57 bits per heavy atom. The second kappa shape index (κ2) is 3.49. The maximum atomic E-state index is 13.5. The molecule has 1 saturated heterocycles. The molecule has 1 fully saturated rings. The molecule has 5 heteroatoms. The van der Waals surface area contributed by atoms with Crippen molar-refractivity contribution < 1.29 is 9.50 Å². The number of aliphatic hydroxyl groups excluding tert-OH is 1. The number of aliphatic hydroxyl groups is 1. The van der Waals surface area contributed by atoms with E-state index in [0.29, 0.717) is 31.0 Å². The van der Waals surface area contributed by atoms with E-state index < -0.39 is 0 Å². The van der Waals surface area contributed by atoms with Gasteiger partial charge in [0.2, 0.25) is 0 Å². The maximum absolute atomic E-state index is 13.5. The molecule has 0 aliphatic carbocycles. The molecule has 0 amide bonds. The van der Waals surface area contributed by atoms with Crippen molar-refractivity contribution in [2.24, 2.45) is 0 Å². The molecule has 1 atom stereocenters. The summed E-state index contributed by atoms with van der Waals surface area (Å²) in [6.07, 6.45) is 1.64. The average molecular weight is 197 g/mol. The molecule has 14 heavy (non-hydrogen) atoms. The maximum Gasteiger partial charge on any atom is 0.186 e. The van der Waals surface area contributed by atoms with E-state index in [4.69, 9.17) is 0 Å². The van der Waals surface area contributed by atoms with E-state index in [1.54, 1.807) is 11.8 Å². The highest BCUT2D eigenvalue weighted by atomic mass is 19.1. The first-order chi connectivity index (χ1) is 6.68. The highest BCUT2D eigenvalue weighted by Crippen LogP contribution is 2.21. The van der Waals surface area contributed by atoms with E-state index in [2.05, 4.69) is 9.97 Å². The van der Waals surface area contributed by atoms with Gasteiger partial charge in [0, 0.05) is 13.1 Å². The topological polar surface area (TPSA) is 49.2 Å². The molecular formula is C9H12FN3O. The Morgan fingerprint density at radius 2 is 2.36 bits per heavy atom. The van der Waals surface area contributed by atoms with Crippen LogP contribution in [0.25, 0.3) is 0 Å². The Hall–Kier alpha value is -1.23. The van der Waals surface area contributed by atoms with Crippen molar-refractivity contribution in [3.8, 4) is 0 Å². The van der Waals surface area contributed by atoms with Crippen LogP contribution in [0.15, 0.2) is 6.33 Å². The molecule has 0 aromatic carbocycles. The molecule has 0 spiro atoms. The fourth-order valence-corrected chi connectivity index (χ4v) is 1.60. The van der Waals surface area contributed by atoms with Crippen molar-refractivity contribution in [3.63, 3.8) is 0 Å². The first-order valence-electron chi connectivity index (χ1n) is 4.58. The van der Waals surface area contributed by atoms with Gasteiger partial charge in [-0.15, -0.1) is 0 Å². The largest absolute Gasteiger partial charge is 0.391 e. The minimum absolute atomic E-state index is 0.300. The molecule has 1 N–H and O–H groups in total. The van der Waals surface area contributed by atoms with Crippen LogP contribution in [0.4, 0.5) is 10.2 Å². The molecule has 0 bridgehead atoms. The number of halogens is 1. The summed E-state index contributed by atoms with van der Waals surface area (Å²) >= 11 is 0. The molecule has 1 aliphatic heterocycles. The number of hydrogen-bond donors (Lipinski definition) is 1. The predicted molar refractivity (Wildman–Crippen MR) is 49.6 cm³/mol. The molecular weight excluding hydrogens is 185 g/mol. The Morgan fingerprint density at radius 3 is 3.00 bits per heavy atom. The zero-order valence-electron chi connectivity index (χ0n) is 7.94. The van der Waals surface area contributed by atoms with Gasteiger partial charge < -0.3 is 10.0 Å².